The number of imide groups is 1. The molecule has 3 rings (SSSR count). The molecule has 1 saturated heterocycles. The second-order valence-electron chi connectivity index (χ2n) is 7.33. The van der Waals surface area contributed by atoms with Gasteiger partial charge in [-0.15, -0.1) is 0 Å². The van der Waals surface area contributed by atoms with Gasteiger partial charge in [-0.05, 0) is 17.0 Å². The molecule has 27 heavy (non-hydrogen) atoms. The van der Waals surface area contributed by atoms with Crippen LogP contribution in [0.25, 0.3) is 0 Å². The van der Waals surface area contributed by atoms with Gasteiger partial charge in [-0.25, -0.2) is 9.69 Å². The molecule has 0 unspecified atom stereocenters. The van der Waals surface area contributed by atoms with Gasteiger partial charge in [0, 0.05) is 5.92 Å². The third-order valence-corrected chi connectivity index (χ3v) is 5.48. The maximum Gasteiger partial charge on any atom is 0.417 e. The Morgan fingerprint density at radius 3 is 2.11 bits per heavy atom. The predicted molar refractivity (Wildman–Crippen MR) is 105 cm³/mol. The highest BCUT2D eigenvalue weighted by Crippen LogP contribution is 2.44. The number of benzene rings is 2. The van der Waals surface area contributed by atoms with E-state index in [1.807, 2.05) is 67.6 Å². The fourth-order valence-electron chi connectivity index (χ4n) is 3.74. The van der Waals surface area contributed by atoms with Crippen LogP contribution in [0.5, 0.6) is 0 Å². The van der Waals surface area contributed by atoms with Gasteiger partial charge in [0.2, 0.25) is 5.91 Å². The minimum Gasteiger partial charge on any atom is -0.438 e. The number of carbonyl (C=O) groups excluding carboxylic acids is 2. The van der Waals surface area contributed by atoms with Gasteiger partial charge < -0.3 is 4.74 Å². The molecule has 0 radical (unpaired) electrons. The summed E-state index contributed by atoms with van der Waals surface area (Å²) in [6, 6.07) is 18.8. The van der Waals surface area contributed by atoms with Crippen molar-refractivity contribution in [3.63, 3.8) is 0 Å². The Hall–Kier alpha value is -2.62. The maximum atomic E-state index is 13.3. The molecular weight excluding hydrogens is 338 g/mol. The minimum absolute atomic E-state index is 0.159. The minimum atomic E-state index is -0.557. The second kappa shape index (κ2) is 8.38. The zero-order valence-corrected chi connectivity index (χ0v) is 16.2. The van der Waals surface area contributed by atoms with E-state index in [9.17, 15) is 9.59 Å². The van der Waals surface area contributed by atoms with E-state index in [2.05, 4.69) is 13.8 Å². The van der Waals surface area contributed by atoms with Crippen LogP contribution in [0.2, 0.25) is 0 Å². The van der Waals surface area contributed by atoms with Crippen molar-refractivity contribution in [2.24, 2.45) is 11.8 Å². The highest BCUT2D eigenvalue weighted by atomic mass is 16.6. The summed E-state index contributed by atoms with van der Waals surface area (Å²) in [6.45, 7) is 6.09. The SMILES string of the molecule is CCC[C@@H](C)[C@@H](C)C(=O)N1C(=O)O[C@H](c2ccccc2)[C@@H]1c1ccccc1. The molecule has 2 aromatic rings. The highest BCUT2D eigenvalue weighted by molar-refractivity contribution is 5.95. The summed E-state index contributed by atoms with van der Waals surface area (Å²) in [6.07, 6.45) is 0.906. The zero-order valence-electron chi connectivity index (χ0n) is 16.2. The molecule has 4 nitrogen and oxygen atoms in total. The first kappa shape index (κ1) is 19.2. The van der Waals surface area contributed by atoms with Crippen molar-refractivity contribution in [1.82, 2.24) is 4.90 Å². The Kier molecular flexibility index (Phi) is 5.94. The van der Waals surface area contributed by atoms with Crippen LogP contribution in [0.1, 0.15) is 56.9 Å². The van der Waals surface area contributed by atoms with Crippen LogP contribution in [0.3, 0.4) is 0 Å². The van der Waals surface area contributed by atoms with Crippen molar-refractivity contribution in [3.05, 3.63) is 71.8 Å². The van der Waals surface area contributed by atoms with Crippen molar-refractivity contribution < 1.29 is 14.3 Å². The number of ether oxygens (including phenoxy) is 1. The third-order valence-electron chi connectivity index (χ3n) is 5.48. The quantitative estimate of drug-likeness (QED) is 0.677. The van der Waals surface area contributed by atoms with E-state index in [4.69, 9.17) is 4.74 Å². The topological polar surface area (TPSA) is 46.6 Å². The molecule has 0 bridgehead atoms. The standard InChI is InChI=1S/C23H27NO3/c1-4-11-16(2)17(3)22(25)24-20(18-12-7-5-8-13-18)21(27-23(24)26)19-14-9-6-10-15-19/h5-10,12-17,20-21H,4,11H2,1-3H3/t16-,17-,20+,21-/m1/s1. The first-order valence-electron chi connectivity index (χ1n) is 9.68. The number of amides is 2. The number of nitrogens with zero attached hydrogens (tertiary/aromatic N) is 1. The lowest BCUT2D eigenvalue weighted by molar-refractivity contribution is -0.134. The van der Waals surface area contributed by atoms with E-state index < -0.39 is 18.2 Å². The highest BCUT2D eigenvalue weighted by Gasteiger charge is 2.48. The molecule has 4 atom stereocenters. The van der Waals surface area contributed by atoms with Crippen molar-refractivity contribution >= 4 is 12.0 Å². The molecule has 0 spiro atoms. The largest absolute Gasteiger partial charge is 0.438 e. The van der Waals surface area contributed by atoms with Gasteiger partial charge in [0.05, 0.1) is 0 Å². The first-order chi connectivity index (χ1) is 13.0. The molecule has 2 amide bonds. The fraction of sp³-hybridized carbons (Fsp3) is 0.391. The summed E-state index contributed by atoms with van der Waals surface area (Å²) in [5.41, 5.74) is 1.80. The Bertz CT molecular complexity index is 775. The Labute approximate surface area is 161 Å². The second-order valence-corrected chi connectivity index (χ2v) is 7.33. The van der Waals surface area contributed by atoms with Gasteiger partial charge in [0.15, 0.2) is 6.10 Å². The summed E-state index contributed by atoms with van der Waals surface area (Å²) in [7, 11) is 0. The molecule has 1 fully saturated rings. The lowest BCUT2D eigenvalue weighted by atomic mass is 9.89. The van der Waals surface area contributed by atoms with Crippen LogP contribution in [-0.2, 0) is 9.53 Å². The number of rotatable bonds is 6. The van der Waals surface area contributed by atoms with Crippen LogP contribution in [0.4, 0.5) is 4.79 Å². The van der Waals surface area contributed by atoms with E-state index in [1.54, 1.807) is 0 Å². The van der Waals surface area contributed by atoms with Crippen molar-refractivity contribution in [1.29, 1.82) is 0 Å². The molecule has 2 aromatic carbocycles. The number of carbonyl (C=O) groups is 2. The van der Waals surface area contributed by atoms with Gasteiger partial charge in [-0.3, -0.25) is 4.79 Å². The van der Waals surface area contributed by atoms with E-state index in [0.717, 1.165) is 24.0 Å². The maximum absolute atomic E-state index is 13.3. The zero-order chi connectivity index (χ0) is 19.4. The van der Waals surface area contributed by atoms with E-state index in [1.165, 1.54) is 4.90 Å². The molecule has 0 aromatic heterocycles. The monoisotopic (exact) mass is 365 g/mol. The molecule has 1 heterocycles. The van der Waals surface area contributed by atoms with Gasteiger partial charge in [-0.1, -0.05) is 94.3 Å². The summed E-state index contributed by atoms with van der Waals surface area (Å²) in [5.74, 6) is -0.186. The fourth-order valence-corrected chi connectivity index (χ4v) is 3.74. The summed E-state index contributed by atoms with van der Waals surface area (Å²) in [4.78, 5) is 27.3. The summed E-state index contributed by atoms with van der Waals surface area (Å²) in [5, 5.41) is 0. The molecule has 0 saturated carbocycles. The van der Waals surface area contributed by atoms with Gasteiger partial charge in [-0.2, -0.15) is 0 Å². The van der Waals surface area contributed by atoms with Crippen LogP contribution in [-0.4, -0.2) is 16.9 Å². The van der Waals surface area contributed by atoms with Crippen LogP contribution >= 0.6 is 0 Å². The van der Waals surface area contributed by atoms with Gasteiger partial charge in [0.25, 0.3) is 0 Å². The van der Waals surface area contributed by atoms with Crippen LogP contribution < -0.4 is 0 Å². The smallest absolute Gasteiger partial charge is 0.417 e. The normalized spacial score (nSPS) is 21.6. The van der Waals surface area contributed by atoms with Crippen LogP contribution in [0.15, 0.2) is 60.7 Å². The molecule has 1 aliphatic rings. The van der Waals surface area contributed by atoms with Crippen molar-refractivity contribution in [2.45, 2.75) is 45.8 Å². The van der Waals surface area contributed by atoms with Crippen molar-refractivity contribution in [2.75, 3.05) is 0 Å². The third kappa shape index (κ3) is 3.90. The summed E-state index contributed by atoms with van der Waals surface area (Å²) >= 11 is 0. The lowest BCUT2D eigenvalue weighted by Gasteiger charge is -2.28. The summed E-state index contributed by atoms with van der Waals surface area (Å²) < 4.78 is 5.70. The molecule has 0 aliphatic carbocycles. The average molecular weight is 365 g/mol. The van der Waals surface area contributed by atoms with Gasteiger partial charge >= 0.3 is 6.09 Å². The number of cyclic esters (lactones) is 1. The van der Waals surface area contributed by atoms with Gasteiger partial charge in [0.1, 0.15) is 6.04 Å². The Morgan fingerprint density at radius 1 is 1.00 bits per heavy atom. The molecule has 1 aliphatic heterocycles. The Balaban J connectivity index is 1.98. The number of hydrogen-bond donors (Lipinski definition) is 0. The molecule has 4 heteroatoms. The molecular formula is C23H27NO3. The Morgan fingerprint density at radius 2 is 1.56 bits per heavy atom. The van der Waals surface area contributed by atoms with Crippen LogP contribution in [0, 0.1) is 11.8 Å². The van der Waals surface area contributed by atoms with E-state index in [0.29, 0.717) is 0 Å². The predicted octanol–water partition coefficient (Wildman–Crippen LogP) is 5.52. The van der Waals surface area contributed by atoms with E-state index in [-0.39, 0.29) is 17.7 Å². The first-order valence-corrected chi connectivity index (χ1v) is 9.68. The molecule has 142 valence electrons. The number of hydrogen-bond acceptors (Lipinski definition) is 3. The average Bonchev–Trinajstić information content (AvgIpc) is 3.05. The van der Waals surface area contributed by atoms with Crippen molar-refractivity contribution in [3.8, 4) is 0 Å². The van der Waals surface area contributed by atoms with E-state index >= 15 is 0 Å². The molecule has 0 N–H and O–H groups in total. The lowest BCUT2D eigenvalue weighted by Crippen LogP contribution is -2.40.